The molecule has 6 nitrogen and oxygen atoms in total. The lowest BCUT2D eigenvalue weighted by Crippen LogP contribution is -2.30. The number of hydrogen-bond acceptors (Lipinski definition) is 6. The van der Waals surface area contributed by atoms with Crippen LogP contribution in [0, 0.1) is 0 Å². The van der Waals surface area contributed by atoms with Gasteiger partial charge >= 0.3 is 17.9 Å². The fraction of sp³-hybridized carbons (Fsp3) is 0.708. The Kier molecular flexibility index (Phi) is 62.3. The second-order valence-corrected chi connectivity index (χ2v) is 21.6. The van der Waals surface area contributed by atoms with Crippen LogP contribution in [0.1, 0.15) is 310 Å². The summed E-state index contributed by atoms with van der Waals surface area (Å²) in [4.78, 5) is 38.2. The van der Waals surface area contributed by atoms with Gasteiger partial charge < -0.3 is 14.2 Å². The van der Waals surface area contributed by atoms with Gasteiger partial charge in [0.2, 0.25) is 0 Å². The molecule has 0 amide bonds. The zero-order valence-corrected chi connectivity index (χ0v) is 51.2. The molecule has 0 heterocycles. The van der Waals surface area contributed by atoms with E-state index in [1.54, 1.807) is 0 Å². The van der Waals surface area contributed by atoms with Crippen LogP contribution in [0.2, 0.25) is 0 Å². The molecule has 1 atom stereocenters. The normalized spacial score (nSPS) is 12.8. The topological polar surface area (TPSA) is 78.9 Å². The highest BCUT2D eigenvalue weighted by Crippen LogP contribution is 2.16. The zero-order chi connectivity index (χ0) is 56.4. The average Bonchev–Trinajstić information content (AvgIpc) is 3.44. The van der Waals surface area contributed by atoms with E-state index in [0.29, 0.717) is 19.3 Å². The Balaban J connectivity index is 4.31. The summed E-state index contributed by atoms with van der Waals surface area (Å²) < 4.78 is 16.9. The minimum Gasteiger partial charge on any atom is -0.462 e. The van der Waals surface area contributed by atoms with Gasteiger partial charge in [0.1, 0.15) is 13.2 Å². The van der Waals surface area contributed by atoms with Crippen LogP contribution in [0.3, 0.4) is 0 Å². The molecule has 0 saturated heterocycles. The van der Waals surface area contributed by atoms with E-state index in [2.05, 4.69) is 130 Å². The van der Waals surface area contributed by atoms with E-state index in [1.165, 1.54) is 167 Å². The maximum Gasteiger partial charge on any atom is 0.306 e. The van der Waals surface area contributed by atoms with Crippen LogP contribution in [0.25, 0.3) is 0 Å². The third-order valence-corrected chi connectivity index (χ3v) is 14.0. The van der Waals surface area contributed by atoms with Gasteiger partial charge in [-0.1, -0.05) is 297 Å². The zero-order valence-electron chi connectivity index (χ0n) is 51.2. The van der Waals surface area contributed by atoms with E-state index in [1.807, 2.05) is 0 Å². The molecule has 0 aliphatic rings. The van der Waals surface area contributed by atoms with E-state index < -0.39 is 6.10 Å². The van der Waals surface area contributed by atoms with Crippen LogP contribution < -0.4 is 0 Å². The van der Waals surface area contributed by atoms with E-state index >= 15 is 0 Å². The number of rotatable bonds is 59. The first kappa shape index (κ1) is 74.1. The summed E-state index contributed by atoms with van der Waals surface area (Å²) in [7, 11) is 0. The molecule has 0 spiro atoms. The number of carbonyl (C=O) groups excluding carboxylic acids is 3. The molecule has 6 heteroatoms. The first-order valence-electron chi connectivity index (χ1n) is 32.9. The van der Waals surface area contributed by atoms with Gasteiger partial charge in [0.25, 0.3) is 0 Å². The first-order valence-corrected chi connectivity index (χ1v) is 32.9. The Labute approximate surface area is 482 Å². The summed E-state index contributed by atoms with van der Waals surface area (Å²) >= 11 is 0. The van der Waals surface area contributed by atoms with E-state index in [0.717, 1.165) is 96.3 Å². The van der Waals surface area contributed by atoms with Gasteiger partial charge in [-0.05, 0) is 103 Å². The molecule has 0 radical (unpaired) electrons. The predicted molar refractivity (Wildman–Crippen MR) is 339 cm³/mol. The number of allylic oxidation sites excluding steroid dienone is 18. The largest absolute Gasteiger partial charge is 0.462 e. The molecule has 0 N–H and O–H groups in total. The molecule has 0 aliphatic heterocycles. The van der Waals surface area contributed by atoms with Crippen molar-refractivity contribution in [2.45, 2.75) is 316 Å². The SMILES string of the molecule is CC/C=C\C/C=C\C/C=C\C/C=C\C/C=C\C/C=C\C/C=C\CCCC(=O)OC(COC(=O)CCCCCCCCCCCC)COC(=O)CCCCCCCCCCCCCCCCC/C=C\C/C=C\CCCCCCC. The molecular formula is C72H122O6. The molecule has 446 valence electrons. The maximum atomic E-state index is 12.9. The second kappa shape index (κ2) is 65.6. The lowest BCUT2D eigenvalue weighted by Gasteiger charge is -2.18. The smallest absolute Gasteiger partial charge is 0.306 e. The fourth-order valence-electron chi connectivity index (χ4n) is 9.11. The molecule has 0 bridgehead atoms. The molecule has 1 unspecified atom stereocenters. The molecule has 0 fully saturated rings. The lowest BCUT2D eigenvalue weighted by atomic mass is 10.0. The van der Waals surface area contributed by atoms with Gasteiger partial charge in [-0.25, -0.2) is 0 Å². The van der Waals surface area contributed by atoms with Crippen molar-refractivity contribution in [3.63, 3.8) is 0 Å². The minimum atomic E-state index is -0.809. The number of unbranched alkanes of at least 4 members (excludes halogenated alkanes) is 30. The van der Waals surface area contributed by atoms with Gasteiger partial charge in [-0.15, -0.1) is 0 Å². The second-order valence-electron chi connectivity index (χ2n) is 21.6. The Morgan fingerprint density at radius 2 is 0.513 bits per heavy atom. The molecule has 0 saturated carbocycles. The quantitative estimate of drug-likeness (QED) is 0.0261. The molecule has 0 aromatic carbocycles. The summed E-state index contributed by atoms with van der Waals surface area (Å²) in [5.74, 6) is -0.953. The third-order valence-electron chi connectivity index (χ3n) is 14.0. The molecule has 78 heavy (non-hydrogen) atoms. The molecule has 0 aromatic heterocycles. The van der Waals surface area contributed by atoms with Crippen LogP contribution in [-0.4, -0.2) is 37.2 Å². The van der Waals surface area contributed by atoms with E-state index in [9.17, 15) is 14.4 Å². The standard InChI is InChI=1S/C72H122O6/c1-4-7-10-13-16-19-22-24-26-28-30-32-34-35-36-37-39-40-42-44-46-48-50-53-56-59-62-65-71(74)77-68-69(67-76-70(73)64-61-58-55-52-21-18-15-12-9-6-3)78-72(75)66-63-60-57-54-51-49-47-45-43-41-38-33-31-29-27-25-23-20-17-14-11-8-5-2/h8,11,17,20,22,24-25,27-28,30-31,33,41,43,47,49,54,57,69H,4-7,9-10,12-16,18-19,21,23,26,29,32,34-40,42,44-46,48,50-53,55-56,58-68H2,1-3H3/b11-8-,20-17-,24-22-,27-25-,30-28-,33-31-,43-41-,49-47-,57-54-. The van der Waals surface area contributed by atoms with Crippen molar-refractivity contribution in [2.75, 3.05) is 13.2 Å². The highest BCUT2D eigenvalue weighted by molar-refractivity contribution is 5.71. The first-order chi connectivity index (χ1) is 38.5. The van der Waals surface area contributed by atoms with Crippen LogP contribution in [0.4, 0.5) is 0 Å². The summed E-state index contributed by atoms with van der Waals surface area (Å²) in [5.41, 5.74) is 0. The van der Waals surface area contributed by atoms with Crippen LogP contribution in [-0.2, 0) is 28.6 Å². The van der Waals surface area contributed by atoms with Gasteiger partial charge in [-0.2, -0.15) is 0 Å². The number of hydrogen-bond donors (Lipinski definition) is 0. The number of carbonyl (C=O) groups is 3. The predicted octanol–water partition coefficient (Wildman–Crippen LogP) is 22.6. The van der Waals surface area contributed by atoms with Crippen molar-refractivity contribution in [3.8, 4) is 0 Å². The minimum absolute atomic E-state index is 0.0994. The average molecular weight is 1080 g/mol. The Morgan fingerprint density at radius 1 is 0.269 bits per heavy atom. The van der Waals surface area contributed by atoms with Crippen molar-refractivity contribution in [2.24, 2.45) is 0 Å². The van der Waals surface area contributed by atoms with Crippen molar-refractivity contribution < 1.29 is 28.6 Å². The highest BCUT2D eigenvalue weighted by atomic mass is 16.6. The van der Waals surface area contributed by atoms with Crippen molar-refractivity contribution in [3.05, 3.63) is 109 Å². The van der Waals surface area contributed by atoms with Crippen molar-refractivity contribution in [1.29, 1.82) is 0 Å². The third kappa shape index (κ3) is 62.9. The van der Waals surface area contributed by atoms with Crippen LogP contribution in [0.5, 0.6) is 0 Å². The molecule has 0 rings (SSSR count). The summed E-state index contributed by atoms with van der Waals surface area (Å²) in [6.45, 7) is 6.48. The number of ether oxygens (including phenoxy) is 3. The highest BCUT2D eigenvalue weighted by Gasteiger charge is 2.19. The summed E-state index contributed by atoms with van der Waals surface area (Å²) in [6, 6.07) is 0. The molecule has 0 aliphatic carbocycles. The lowest BCUT2D eigenvalue weighted by molar-refractivity contribution is -0.167. The van der Waals surface area contributed by atoms with Gasteiger partial charge in [-0.3, -0.25) is 14.4 Å². The monoisotopic (exact) mass is 1080 g/mol. The van der Waals surface area contributed by atoms with E-state index in [-0.39, 0.29) is 37.5 Å². The Morgan fingerprint density at radius 3 is 0.821 bits per heavy atom. The van der Waals surface area contributed by atoms with Gasteiger partial charge in [0, 0.05) is 19.3 Å². The Bertz CT molecular complexity index is 1570. The van der Waals surface area contributed by atoms with Gasteiger partial charge in [0.15, 0.2) is 6.10 Å². The van der Waals surface area contributed by atoms with Gasteiger partial charge in [0.05, 0.1) is 0 Å². The van der Waals surface area contributed by atoms with Crippen LogP contribution in [0.15, 0.2) is 109 Å². The number of esters is 3. The van der Waals surface area contributed by atoms with Crippen molar-refractivity contribution in [1.82, 2.24) is 0 Å². The van der Waals surface area contributed by atoms with Crippen LogP contribution >= 0.6 is 0 Å². The maximum absolute atomic E-state index is 12.9. The fourth-order valence-corrected chi connectivity index (χ4v) is 9.11. The molecule has 0 aromatic rings. The summed E-state index contributed by atoms with van der Waals surface area (Å²) in [5, 5.41) is 0. The van der Waals surface area contributed by atoms with E-state index in [4.69, 9.17) is 14.2 Å². The summed E-state index contributed by atoms with van der Waals surface area (Å²) in [6.07, 6.45) is 89.7. The van der Waals surface area contributed by atoms with Crippen molar-refractivity contribution >= 4 is 17.9 Å². The molecular weight excluding hydrogens is 961 g/mol. The Hall–Kier alpha value is -3.93.